The summed E-state index contributed by atoms with van der Waals surface area (Å²) < 4.78 is 2.04. The van der Waals surface area contributed by atoms with Crippen LogP contribution in [0.1, 0.15) is 25.8 Å². The first-order valence-corrected chi connectivity index (χ1v) is 7.12. The molecule has 0 fully saturated rings. The molecule has 0 aliphatic carbocycles. The van der Waals surface area contributed by atoms with Gasteiger partial charge < -0.3 is 15.2 Å². The maximum absolute atomic E-state index is 4.37. The molecule has 20 heavy (non-hydrogen) atoms. The zero-order chi connectivity index (χ0) is 14.2. The van der Waals surface area contributed by atoms with Crippen molar-refractivity contribution in [3.05, 3.63) is 30.6 Å². The minimum Gasteiger partial charge on any atom is -0.370 e. The molecule has 0 saturated carbocycles. The van der Waals surface area contributed by atoms with Crippen molar-refractivity contribution in [2.24, 2.45) is 0 Å². The number of aromatic nitrogens is 4. The summed E-state index contributed by atoms with van der Waals surface area (Å²) in [4.78, 5) is 12.7. The lowest BCUT2D eigenvalue weighted by Gasteiger charge is -2.14. The molecule has 0 aliphatic rings. The number of rotatable bonds is 8. The number of anilines is 2. The molecule has 0 saturated heterocycles. The summed E-state index contributed by atoms with van der Waals surface area (Å²) in [5.74, 6) is 1.87. The summed E-state index contributed by atoms with van der Waals surface area (Å²) in [7, 11) is 0. The Balaban J connectivity index is 2.03. The van der Waals surface area contributed by atoms with Gasteiger partial charge in [-0.3, -0.25) is 0 Å². The Kier molecular flexibility index (Phi) is 5.34. The normalized spacial score (nSPS) is 10.5. The Hall–Kier alpha value is -2.11. The van der Waals surface area contributed by atoms with Gasteiger partial charge in [-0.05, 0) is 13.3 Å². The Morgan fingerprint density at radius 1 is 1.15 bits per heavy atom. The average molecular weight is 274 g/mol. The van der Waals surface area contributed by atoms with Crippen LogP contribution in [0.4, 0.5) is 11.6 Å². The summed E-state index contributed by atoms with van der Waals surface area (Å²) in [6.07, 6.45) is 9.21. The van der Waals surface area contributed by atoms with Crippen LogP contribution < -0.4 is 10.6 Å². The van der Waals surface area contributed by atoms with E-state index in [-0.39, 0.29) is 0 Å². The first-order chi connectivity index (χ1) is 9.85. The van der Waals surface area contributed by atoms with E-state index in [4.69, 9.17) is 0 Å². The minimum absolute atomic E-state index is 0.815. The summed E-state index contributed by atoms with van der Waals surface area (Å²) in [6.45, 7) is 6.78. The molecule has 108 valence electrons. The average Bonchev–Trinajstić information content (AvgIpc) is 2.96. The third kappa shape index (κ3) is 3.69. The molecule has 2 rings (SSSR count). The van der Waals surface area contributed by atoms with Gasteiger partial charge in [0.25, 0.3) is 0 Å². The van der Waals surface area contributed by atoms with Gasteiger partial charge in [0.1, 0.15) is 18.0 Å². The largest absolute Gasteiger partial charge is 0.370 e. The molecule has 2 N–H and O–H groups in total. The molecular formula is C14H22N6. The van der Waals surface area contributed by atoms with E-state index in [1.807, 2.05) is 17.1 Å². The highest BCUT2D eigenvalue weighted by Crippen LogP contribution is 2.21. The molecule has 0 bridgehead atoms. The van der Waals surface area contributed by atoms with E-state index in [0.717, 1.165) is 44.1 Å². The second kappa shape index (κ2) is 7.47. The van der Waals surface area contributed by atoms with Crippen molar-refractivity contribution < 1.29 is 0 Å². The molecule has 0 aliphatic heterocycles. The second-order valence-electron chi connectivity index (χ2n) is 4.56. The highest BCUT2D eigenvalue weighted by molar-refractivity contribution is 5.57. The molecule has 2 heterocycles. The Morgan fingerprint density at radius 3 is 2.60 bits per heavy atom. The molecule has 0 atom stereocenters. The van der Waals surface area contributed by atoms with E-state index in [0.29, 0.717) is 0 Å². The third-order valence-corrected chi connectivity index (χ3v) is 3.01. The van der Waals surface area contributed by atoms with Crippen molar-refractivity contribution >= 4 is 11.6 Å². The van der Waals surface area contributed by atoms with Crippen molar-refractivity contribution in [1.29, 1.82) is 0 Å². The smallest absolute Gasteiger partial charge is 0.134 e. The van der Waals surface area contributed by atoms with Crippen molar-refractivity contribution in [1.82, 2.24) is 19.5 Å². The highest BCUT2D eigenvalue weighted by atomic mass is 15.1. The molecule has 6 nitrogen and oxygen atoms in total. The molecule has 0 amide bonds. The topological polar surface area (TPSA) is 67.7 Å². The molecular weight excluding hydrogens is 252 g/mol. The number of nitrogens with zero attached hydrogens (tertiary/aromatic N) is 4. The Bertz CT molecular complexity index is 508. The first kappa shape index (κ1) is 14.3. The number of hydrogen-bond acceptors (Lipinski definition) is 5. The van der Waals surface area contributed by atoms with Crippen LogP contribution in [0.2, 0.25) is 0 Å². The van der Waals surface area contributed by atoms with E-state index < -0.39 is 0 Å². The molecule has 0 radical (unpaired) electrons. The maximum atomic E-state index is 4.37. The zero-order valence-corrected chi connectivity index (χ0v) is 12.1. The maximum Gasteiger partial charge on any atom is 0.134 e. The summed E-state index contributed by atoms with van der Waals surface area (Å²) in [5.41, 5.74) is 1.17. The first-order valence-electron chi connectivity index (χ1n) is 7.12. The number of imidazole rings is 1. The van der Waals surface area contributed by atoms with Crippen molar-refractivity contribution in [2.45, 2.75) is 33.2 Å². The molecule has 0 aromatic carbocycles. The fourth-order valence-electron chi connectivity index (χ4n) is 2.09. The van der Waals surface area contributed by atoms with E-state index >= 15 is 0 Å². The molecule has 6 heteroatoms. The number of nitrogens with one attached hydrogen (secondary N) is 2. The van der Waals surface area contributed by atoms with E-state index in [2.05, 4.69) is 39.4 Å². The monoisotopic (exact) mass is 274 g/mol. The fourth-order valence-corrected chi connectivity index (χ4v) is 2.09. The van der Waals surface area contributed by atoms with Gasteiger partial charge in [-0.1, -0.05) is 13.3 Å². The molecule has 2 aromatic heterocycles. The lowest BCUT2D eigenvalue weighted by Crippen LogP contribution is -2.14. The van der Waals surface area contributed by atoms with Gasteiger partial charge in [0, 0.05) is 37.6 Å². The van der Waals surface area contributed by atoms with Crippen LogP contribution in [0.5, 0.6) is 0 Å². The fraction of sp³-hybridized carbons (Fsp3) is 0.500. The van der Waals surface area contributed by atoms with Crippen LogP contribution in [0.25, 0.3) is 0 Å². The Labute approximate surface area is 119 Å². The van der Waals surface area contributed by atoms with E-state index in [1.54, 1.807) is 12.5 Å². The quantitative estimate of drug-likeness (QED) is 0.772. The predicted octanol–water partition coefficient (Wildman–Crippen LogP) is 2.17. The van der Waals surface area contributed by atoms with E-state index in [1.165, 1.54) is 5.56 Å². The van der Waals surface area contributed by atoms with Gasteiger partial charge in [0.05, 0.1) is 6.33 Å². The van der Waals surface area contributed by atoms with Crippen molar-refractivity contribution in [3.8, 4) is 0 Å². The minimum atomic E-state index is 0.815. The van der Waals surface area contributed by atoms with Crippen LogP contribution in [-0.2, 0) is 13.0 Å². The van der Waals surface area contributed by atoms with Crippen molar-refractivity contribution in [2.75, 3.05) is 23.7 Å². The van der Waals surface area contributed by atoms with Crippen LogP contribution >= 0.6 is 0 Å². The van der Waals surface area contributed by atoms with Crippen molar-refractivity contribution in [3.63, 3.8) is 0 Å². The van der Waals surface area contributed by atoms with Gasteiger partial charge >= 0.3 is 0 Å². The SMILES string of the molecule is CCCc1c(NCC)ncnc1NCCn1ccnc1. The third-order valence-electron chi connectivity index (χ3n) is 3.01. The van der Waals surface area contributed by atoms with Crippen LogP contribution in [0, 0.1) is 0 Å². The van der Waals surface area contributed by atoms with Crippen LogP contribution in [0.3, 0.4) is 0 Å². The summed E-state index contributed by atoms with van der Waals surface area (Å²) >= 11 is 0. The van der Waals surface area contributed by atoms with Crippen LogP contribution in [-0.4, -0.2) is 32.6 Å². The van der Waals surface area contributed by atoms with Gasteiger partial charge in [0.2, 0.25) is 0 Å². The standard InChI is InChI=1S/C14H22N6/c1-3-5-12-13(16-4-2)18-10-19-14(12)17-7-9-20-8-6-15-11-20/h6,8,10-11H,3-5,7,9H2,1-2H3,(H2,16,17,18,19). The predicted molar refractivity (Wildman–Crippen MR) is 80.9 cm³/mol. The van der Waals surface area contributed by atoms with Gasteiger partial charge in [0.15, 0.2) is 0 Å². The highest BCUT2D eigenvalue weighted by Gasteiger charge is 2.09. The molecule has 0 spiro atoms. The summed E-state index contributed by atoms with van der Waals surface area (Å²) in [5, 5.41) is 6.69. The molecule has 2 aromatic rings. The zero-order valence-electron chi connectivity index (χ0n) is 12.1. The molecule has 0 unspecified atom stereocenters. The van der Waals surface area contributed by atoms with Gasteiger partial charge in [-0.15, -0.1) is 0 Å². The Morgan fingerprint density at radius 2 is 1.95 bits per heavy atom. The lowest BCUT2D eigenvalue weighted by atomic mass is 10.1. The number of hydrogen-bond donors (Lipinski definition) is 2. The summed E-state index contributed by atoms with van der Waals surface area (Å²) in [6, 6.07) is 0. The van der Waals surface area contributed by atoms with Gasteiger partial charge in [-0.2, -0.15) is 0 Å². The second-order valence-corrected chi connectivity index (χ2v) is 4.56. The van der Waals surface area contributed by atoms with E-state index in [9.17, 15) is 0 Å². The van der Waals surface area contributed by atoms with Crippen LogP contribution in [0.15, 0.2) is 25.0 Å². The van der Waals surface area contributed by atoms with Gasteiger partial charge in [-0.25, -0.2) is 15.0 Å². The lowest BCUT2D eigenvalue weighted by molar-refractivity contribution is 0.723.